The Morgan fingerprint density at radius 2 is 1.93 bits per heavy atom. The van der Waals surface area contributed by atoms with E-state index in [4.69, 9.17) is 0 Å². The average molecular weight is 204 g/mol. The highest BCUT2D eigenvalue weighted by Crippen LogP contribution is 2.22. The quantitative estimate of drug-likeness (QED) is 0.605. The van der Waals surface area contributed by atoms with Crippen molar-refractivity contribution in [3.63, 3.8) is 0 Å². The molecule has 0 aromatic heterocycles. The maximum absolute atomic E-state index is 11.0. The van der Waals surface area contributed by atoms with E-state index in [2.05, 4.69) is 6.58 Å². The molecule has 2 unspecified atom stereocenters. The Balaban J connectivity index is 2.88. The van der Waals surface area contributed by atoms with E-state index in [9.17, 15) is 9.90 Å². The van der Waals surface area contributed by atoms with Crippen molar-refractivity contribution < 1.29 is 9.90 Å². The summed E-state index contributed by atoms with van der Waals surface area (Å²) in [6, 6.07) is 7.02. The normalized spacial score (nSPS) is 14.3. The van der Waals surface area contributed by atoms with Crippen LogP contribution in [0.3, 0.4) is 0 Å². The van der Waals surface area contributed by atoms with E-state index in [1.165, 1.54) is 6.92 Å². The van der Waals surface area contributed by atoms with Crippen LogP contribution in [-0.4, -0.2) is 10.9 Å². The molecule has 1 aromatic rings. The molecular weight excluding hydrogens is 188 g/mol. The zero-order chi connectivity index (χ0) is 11.4. The zero-order valence-electron chi connectivity index (χ0n) is 9.10. The summed E-state index contributed by atoms with van der Waals surface area (Å²) in [5.74, 6) is 0.0426. The summed E-state index contributed by atoms with van der Waals surface area (Å²) in [5.41, 5.74) is 1.48. The first-order valence-electron chi connectivity index (χ1n) is 4.97. The fourth-order valence-electron chi connectivity index (χ4n) is 1.35. The Morgan fingerprint density at radius 3 is 2.33 bits per heavy atom. The van der Waals surface area contributed by atoms with Crippen molar-refractivity contribution in [2.24, 2.45) is 5.92 Å². The molecule has 80 valence electrons. The molecule has 1 aromatic carbocycles. The highest BCUT2D eigenvalue weighted by molar-refractivity contribution is 5.94. The van der Waals surface area contributed by atoms with Crippen LogP contribution in [0.1, 0.15) is 35.9 Å². The summed E-state index contributed by atoms with van der Waals surface area (Å²) >= 11 is 0. The molecule has 2 atom stereocenters. The van der Waals surface area contributed by atoms with Gasteiger partial charge in [-0.3, -0.25) is 4.79 Å². The number of hydrogen-bond acceptors (Lipinski definition) is 2. The van der Waals surface area contributed by atoms with Crippen LogP contribution in [-0.2, 0) is 0 Å². The van der Waals surface area contributed by atoms with Crippen molar-refractivity contribution in [2.45, 2.75) is 20.0 Å². The predicted molar refractivity (Wildman–Crippen MR) is 60.8 cm³/mol. The van der Waals surface area contributed by atoms with Crippen LogP contribution in [0.5, 0.6) is 0 Å². The first kappa shape index (κ1) is 11.7. The van der Waals surface area contributed by atoms with Crippen molar-refractivity contribution in [3.8, 4) is 0 Å². The van der Waals surface area contributed by atoms with Crippen LogP contribution < -0.4 is 0 Å². The lowest BCUT2D eigenvalue weighted by Gasteiger charge is -2.15. The standard InChI is InChI=1S/C13H16O2/c1-4-9(2)13(15)12-7-5-11(6-8-12)10(3)14/h4-9,13,15H,1H2,2-3H3. The Morgan fingerprint density at radius 1 is 1.40 bits per heavy atom. The molecule has 0 heterocycles. The molecule has 1 rings (SSSR count). The Hall–Kier alpha value is -1.41. The zero-order valence-corrected chi connectivity index (χ0v) is 9.10. The second kappa shape index (κ2) is 4.89. The maximum Gasteiger partial charge on any atom is 0.159 e. The lowest BCUT2D eigenvalue weighted by Crippen LogP contribution is -2.06. The summed E-state index contributed by atoms with van der Waals surface area (Å²) in [7, 11) is 0. The fourth-order valence-corrected chi connectivity index (χ4v) is 1.35. The van der Waals surface area contributed by atoms with Gasteiger partial charge in [-0.15, -0.1) is 6.58 Å². The van der Waals surface area contributed by atoms with Crippen LogP contribution in [0.4, 0.5) is 0 Å². The third-order valence-electron chi connectivity index (χ3n) is 2.53. The molecule has 0 aliphatic carbocycles. The van der Waals surface area contributed by atoms with Crippen LogP contribution in [0.15, 0.2) is 36.9 Å². The van der Waals surface area contributed by atoms with Gasteiger partial charge in [0, 0.05) is 11.5 Å². The molecule has 15 heavy (non-hydrogen) atoms. The molecule has 1 N–H and O–H groups in total. The first-order valence-corrected chi connectivity index (χ1v) is 4.97. The van der Waals surface area contributed by atoms with Crippen molar-refractivity contribution >= 4 is 5.78 Å². The molecule has 0 spiro atoms. The van der Waals surface area contributed by atoms with E-state index in [1.807, 2.05) is 6.92 Å². The van der Waals surface area contributed by atoms with Crippen molar-refractivity contribution in [1.29, 1.82) is 0 Å². The van der Waals surface area contributed by atoms with Gasteiger partial charge in [0.1, 0.15) is 0 Å². The number of Topliss-reactive ketones (excluding diaryl/α,β-unsaturated/α-hetero) is 1. The van der Waals surface area contributed by atoms with Gasteiger partial charge in [-0.1, -0.05) is 37.3 Å². The Labute approximate surface area is 90.3 Å². The predicted octanol–water partition coefficient (Wildman–Crippen LogP) is 2.74. The number of benzene rings is 1. The van der Waals surface area contributed by atoms with Crippen LogP contribution in [0.2, 0.25) is 0 Å². The molecule has 0 radical (unpaired) electrons. The highest BCUT2D eigenvalue weighted by atomic mass is 16.3. The first-order chi connectivity index (χ1) is 7.06. The largest absolute Gasteiger partial charge is 0.388 e. The molecular formula is C13H16O2. The third-order valence-corrected chi connectivity index (χ3v) is 2.53. The lowest BCUT2D eigenvalue weighted by atomic mass is 9.96. The molecule has 0 bridgehead atoms. The minimum atomic E-state index is -0.552. The summed E-state index contributed by atoms with van der Waals surface area (Å²) in [6.07, 6.45) is 1.16. The van der Waals surface area contributed by atoms with Crippen LogP contribution in [0.25, 0.3) is 0 Å². The van der Waals surface area contributed by atoms with E-state index >= 15 is 0 Å². The number of ketones is 1. The van der Waals surface area contributed by atoms with Gasteiger partial charge < -0.3 is 5.11 Å². The van der Waals surface area contributed by atoms with E-state index in [0.29, 0.717) is 5.56 Å². The van der Waals surface area contributed by atoms with E-state index in [-0.39, 0.29) is 11.7 Å². The monoisotopic (exact) mass is 204 g/mol. The number of aliphatic hydroxyl groups is 1. The van der Waals surface area contributed by atoms with E-state index in [1.54, 1.807) is 30.3 Å². The average Bonchev–Trinajstić information content (AvgIpc) is 2.27. The minimum absolute atomic E-state index is 0.00757. The third kappa shape index (κ3) is 2.77. The number of hydrogen-bond donors (Lipinski definition) is 1. The second-order valence-corrected chi connectivity index (χ2v) is 3.72. The van der Waals surface area contributed by atoms with Gasteiger partial charge in [-0.05, 0) is 12.5 Å². The van der Waals surface area contributed by atoms with Gasteiger partial charge in [0.15, 0.2) is 5.78 Å². The second-order valence-electron chi connectivity index (χ2n) is 3.72. The number of rotatable bonds is 4. The van der Waals surface area contributed by atoms with Crippen molar-refractivity contribution in [3.05, 3.63) is 48.0 Å². The van der Waals surface area contributed by atoms with E-state index in [0.717, 1.165) is 5.56 Å². The molecule has 2 nitrogen and oxygen atoms in total. The SMILES string of the molecule is C=CC(C)C(O)c1ccc(C(C)=O)cc1. The lowest BCUT2D eigenvalue weighted by molar-refractivity contribution is 0.101. The van der Waals surface area contributed by atoms with Gasteiger partial charge in [0.2, 0.25) is 0 Å². The van der Waals surface area contributed by atoms with Gasteiger partial charge in [-0.2, -0.15) is 0 Å². The maximum atomic E-state index is 11.0. The van der Waals surface area contributed by atoms with Crippen molar-refractivity contribution in [2.75, 3.05) is 0 Å². The van der Waals surface area contributed by atoms with Crippen LogP contribution >= 0.6 is 0 Å². The molecule has 0 saturated heterocycles. The molecule has 0 fully saturated rings. The van der Waals surface area contributed by atoms with Gasteiger partial charge in [0.25, 0.3) is 0 Å². The minimum Gasteiger partial charge on any atom is -0.388 e. The van der Waals surface area contributed by atoms with Gasteiger partial charge in [-0.25, -0.2) is 0 Å². The summed E-state index contributed by atoms with van der Waals surface area (Å²) in [5, 5.41) is 9.86. The van der Waals surface area contributed by atoms with Gasteiger partial charge in [0.05, 0.1) is 6.10 Å². The Kier molecular flexibility index (Phi) is 3.81. The Bertz CT molecular complexity index is 351. The smallest absolute Gasteiger partial charge is 0.159 e. The summed E-state index contributed by atoms with van der Waals surface area (Å²) < 4.78 is 0. The number of aliphatic hydroxyl groups excluding tert-OH is 1. The van der Waals surface area contributed by atoms with Crippen LogP contribution in [0, 0.1) is 5.92 Å². The molecule has 2 heteroatoms. The fraction of sp³-hybridized carbons (Fsp3) is 0.308. The molecule has 0 saturated carbocycles. The number of carbonyl (C=O) groups excluding carboxylic acids is 1. The molecule has 0 aliphatic rings. The topological polar surface area (TPSA) is 37.3 Å². The van der Waals surface area contributed by atoms with E-state index < -0.39 is 6.10 Å². The highest BCUT2D eigenvalue weighted by Gasteiger charge is 2.13. The molecule has 0 amide bonds. The van der Waals surface area contributed by atoms with Crippen molar-refractivity contribution in [1.82, 2.24) is 0 Å². The molecule has 0 aliphatic heterocycles. The van der Waals surface area contributed by atoms with Gasteiger partial charge >= 0.3 is 0 Å². The summed E-state index contributed by atoms with van der Waals surface area (Å²) in [4.78, 5) is 11.0. The number of carbonyl (C=O) groups is 1. The summed E-state index contributed by atoms with van der Waals surface area (Å²) in [6.45, 7) is 7.06.